The number of piperidine rings is 1. The molecule has 0 aliphatic carbocycles. The average molecular weight is 445 g/mol. The lowest BCUT2D eigenvalue weighted by atomic mass is 9.74. The van der Waals surface area contributed by atoms with Crippen LogP contribution in [0, 0.1) is 11.3 Å². The van der Waals surface area contributed by atoms with Crippen LogP contribution < -0.4 is 14.8 Å². The Morgan fingerprint density at radius 1 is 1.03 bits per heavy atom. The predicted molar refractivity (Wildman–Crippen MR) is 124 cm³/mol. The quantitative estimate of drug-likeness (QED) is 0.524. The number of hydrogen-bond donors (Lipinski definition) is 1. The van der Waals surface area contributed by atoms with E-state index in [1.807, 2.05) is 42.5 Å². The van der Waals surface area contributed by atoms with Crippen molar-refractivity contribution in [3.63, 3.8) is 0 Å². The highest BCUT2D eigenvalue weighted by atomic mass is 16.7. The van der Waals surface area contributed by atoms with E-state index in [0.29, 0.717) is 6.54 Å². The summed E-state index contributed by atoms with van der Waals surface area (Å²) in [6.07, 6.45) is 2.83. The van der Waals surface area contributed by atoms with Gasteiger partial charge < -0.3 is 24.2 Å². The first-order chi connectivity index (χ1) is 16.3. The Balaban J connectivity index is 1.04. The minimum absolute atomic E-state index is 0.260. The van der Waals surface area contributed by atoms with E-state index in [9.17, 15) is 5.26 Å². The van der Waals surface area contributed by atoms with Crippen LogP contribution >= 0.6 is 0 Å². The summed E-state index contributed by atoms with van der Waals surface area (Å²) in [7, 11) is 0. The standard InChI is InChI=1S/C26H28N4O3/c27-18-26(21-5-2-1-3-6-21)9-13-30(14-10-26)12-4-11-28-17-22-16-23(29-33-22)20-7-8-24-25(15-20)32-19-31-24/h1-3,5-8,15-16,28H,4,9-14,17,19H2. The molecule has 1 fully saturated rings. The number of aromatic nitrogens is 1. The summed E-state index contributed by atoms with van der Waals surface area (Å²) < 4.78 is 16.3. The molecule has 2 aromatic carbocycles. The van der Waals surface area contributed by atoms with Gasteiger partial charge in [0.1, 0.15) is 5.69 Å². The zero-order valence-corrected chi connectivity index (χ0v) is 18.6. The first-order valence-corrected chi connectivity index (χ1v) is 11.5. The van der Waals surface area contributed by atoms with Gasteiger partial charge in [0.15, 0.2) is 17.3 Å². The second-order valence-corrected chi connectivity index (χ2v) is 8.68. The van der Waals surface area contributed by atoms with Crippen LogP contribution in [-0.4, -0.2) is 43.0 Å². The average Bonchev–Trinajstić information content (AvgIpc) is 3.54. The molecule has 170 valence electrons. The minimum Gasteiger partial charge on any atom is -0.454 e. The summed E-state index contributed by atoms with van der Waals surface area (Å²) in [5.41, 5.74) is 2.56. The number of benzene rings is 2. The molecular formula is C26H28N4O3. The Hall–Kier alpha value is -3.34. The first kappa shape index (κ1) is 21.5. The smallest absolute Gasteiger partial charge is 0.231 e. The Morgan fingerprint density at radius 2 is 1.85 bits per heavy atom. The Morgan fingerprint density at radius 3 is 2.67 bits per heavy atom. The van der Waals surface area contributed by atoms with Crippen LogP contribution in [0.5, 0.6) is 11.5 Å². The van der Waals surface area contributed by atoms with Gasteiger partial charge >= 0.3 is 0 Å². The molecule has 5 rings (SSSR count). The van der Waals surface area contributed by atoms with Gasteiger partial charge in [-0.25, -0.2) is 0 Å². The highest BCUT2D eigenvalue weighted by Crippen LogP contribution is 2.36. The number of rotatable bonds is 8. The topological polar surface area (TPSA) is 83.6 Å². The molecule has 7 nitrogen and oxygen atoms in total. The fourth-order valence-corrected chi connectivity index (χ4v) is 4.61. The Kier molecular flexibility index (Phi) is 6.29. The molecule has 3 heterocycles. The van der Waals surface area contributed by atoms with Gasteiger partial charge in [-0.15, -0.1) is 0 Å². The van der Waals surface area contributed by atoms with Crippen LogP contribution in [-0.2, 0) is 12.0 Å². The largest absolute Gasteiger partial charge is 0.454 e. The van der Waals surface area contributed by atoms with Crippen LogP contribution in [0.1, 0.15) is 30.6 Å². The molecule has 1 aromatic heterocycles. The van der Waals surface area contributed by atoms with Crippen molar-refractivity contribution < 1.29 is 14.0 Å². The van der Waals surface area contributed by atoms with E-state index in [4.69, 9.17) is 14.0 Å². The zero-order chi connectivity index (χ0) is 22.5. The first-order valence-electron chi connectivity index (χ1n) is 11.5. The van der Waals surface area contributed by atoms with Crippen LogP contribution in [0.15, 0.2) is 59.1 Å². The third kappa shape index (κ3) is 4.72. The predicted octanol–water partition coefficient (Wildman–Crippen LogP) is 4.11. The Bertz CT molecular complexity index is 1110. The van der Waals surface area contributed by atoms with E-state index >= 15 is 0 Å². The summed E-state index contributed by atoms with van der Waals surface area (Å²) in [4.78, 5) is 2.46. The molecular weight excluding hydrogens is 416 g/mol. The molecule has 3 aromatic rings. The van der Waals surface area contributed by atoms with E-state index < -0.39 is 0 Å². The van der Waals surface area contributed by atoms with Gasteiger partial charge in [-0.1, -0.05) is 35.5 Å². The second-order valence-electron chi connectivity index (χ2n) is 8.68. The number of nitrogens with zero attached hydrogens (tertiary/aromatic N) is 3. The van der Waals surface area contributed by atoms with Crippen molar-refractivity contribution in [1.82, 2.24) is 15.4 Å². The molecule has 1 N–H and O–H groups in total. The lowest BCUT2D eigenvalue weighted by molar-refractivity contribution is 0.174. The molecule has 7 heteroatoms. The number of hydrogen-bond acceptors (Lipinski definition) is 7. The van der Waals surface area contributed by atoms with Gasteiger partial charge in [0, 0.05) is 11.6 Å². The molecule has 0 radical (unpaired) electrons. The van der Waals surface area contributed by atoms with E-state index in [1.165, 1.54) is 0 Å². The van der Waals surface area contributed by atoms with E-state index in [0.717, 1.165) is 79.5 Å². The molecule has 0 bridgehead atoms. The zero-order valence-electron chi connectivity index (χ0n) is 18.6. The SMILES string of the molecule is N#CC1(c2ccccc2)CCN(CCCNCc2cc(-c3ccc4c(c3)OCO4)no2)CC1. The third-order valence-corrected chi connectivity index (χ3v) is 6.60. The fourth-order valence-electron chi connectivity index (χ4n) is 4.61. The van der Waals surface area contributed by atoms with Gasteiger partial charge in [-0.3, -0.25) is 0 Å². The molecule has 0 unspecified atom stereocenters. The summed E-state index contributed by atoms with van der Waals surface area (Å²) in [5, 5.41) is 17.5. The van der Waals surface area contributed by atoms with Gasteiger partial charge in [-0.2, -0.15) is 5.26 Å². The maximum Gasteiger partial charge on any atom is 0.231 e. The fraction of sp³-hybridized carbons (Fsp3) is 0.385. The van der Waals surface area contributed by atoms with Gasteiger partial charge in [0.05, 0.1) is 18.0 Å². The minimum atomic E-state index is -0.335. The Labute approximate surface area is 193 Å². The molecule has 1 saturated heterocycles. The maximum atomic E-state index is 9.85. The van der Waals surface area contributed by atoms with Crippen molar-refractivity contribution >= 4 is 0 Å². The monoisotopic (exact) mass is 444 g/mol. The van der Waals surface area contributed by atoms with Crippen LogP contribution in [0.4, 0.5) is 0 Å². The van der Waals surface area contributed by atoms with Gasteiger partial charge in [0.2, 0.25) is 6.79 Å². The molecule has 0 saturated carbocycles. The van der Waals surface area contributed by atoms with Crippen molar-refractivity contribution in [1.29, 1.82) is 5.26 Å². The van der Waals surface area contributed by atoms with E-state index in [2.05, 4.69) is 33.6 Å². The van der Waals surface area contributed by atoms with Crippen molar-refractivity contribution in [3.05, 3.63) is 65.9 Å². The number of ether oxygens (including phenoxy) is 2. The van der Waals surface area contributed by atoms with Crippen LogP contribution in [0.2, 0.25) is 0 Å². The van der Waals surface area contributed by atoms with E-state index in [1.54, 1.807) is 0 Å². The highest BCUT2D eigenvalue weighted by Gasteiger charge is 2.36. The van der Waals surface area contributed by atoms with Crippen molar-refractivity contribution in [2.75, 3.05) is 33.0 Å². The lowest BCUT2D eigenvalue weighted by Gasteiger charge is -2.37. The summed E-state index contributed by atoms with van der Waals surface area (Å²) in [6, 6.07) is 20.6. The van der Waals surface area contributed by atoms with Crippen molar-refractivity contribution in [2.45, 2.75) is 31.2 Å². The normalized spacial score (nSPS) is 17.1. The molecule has 2 aliphatic rings. The molecule has 0 amide bonds. The van der Waals surface area contributed by atoms with Gasteiger partial charge in [0.25, 0.3) is 0 Å². The third-order valence-electron chi connectivity index (χ3n) is 6.60. The second kappa shape index (κ2) is 9.65. The highest BCUT2D eigenvalue weighted by molar-refractivity contribution is 5.64. The summed E-state index contributed by atoms with van der Waals surface area (Å²) in [5.74, 6) is 2.31. The van der Waals surface area contributed by atoms with Crippen LogP contribution in [0.3, 0.4) is 0 Å². The summed E-state index contributed by atoms with van der Waals surface area (Å²) in [6.45, 7) is 4.76. The van der Waals surface area contributed by atoms with Crippen LogP contribution in [0.25, 0.3) is 11.3 Å². The van der Waals surface area contributed by atoms with E-state index in [-0.39, 0.29) is 12.2 Å². The lowest BCUT2D eigenvalue weighted by Crippen LogP contribution is -2.42. The molecule has 0 atom stereocenters. The number of likely N-dealkylation sites (tertiary alicyclic amines) is 1. The van der Waals surface area contributed by atoms with Crippen molar-refractivity contribution in [2.24, 2.45) is 0 Å². The number of fused-ring (bicyclic) bond motifs is 1. The number of nitrogens with one attached hydrogen (secondary N) is 1. The number of nitriles is 1. The van der Waals surface area contributed by atoms with Crippen molar-refractivity contribution in [3.8, 4) is 28.8 Å². The molecule has 0 spiro atoms. The summed E-state index contributed by atoms with van der Waals surface area (Å²) >= 11 is 0. The maximum absolute atomic E-state index is 9.85. The molecule has 2 aliphatic heterocycles. The molecule has 33 heavy (non-hydrogen) atoms. The van der Waals surface area contributed by atoms with Gasteiger partial charge in [-0.05, 0) is 69.2 Å².